The van der Waals surface area contributed by atoms with Crippen molar-refractivity contribution in [1.29, 1.82) is 0 Å². The van der Waals surface area contributed by atoms with Gasteiger partial charge in [-0.1, -0.05) is 42.5 Å². The quantitative estimate of drug-likeness (QED) is 0.165. The highest BCUT2D eigenvalue weighted by molar-refractivity contribution is 6.01. The Balaban J connectivity index is 1.13. The van der Waals surface area contributed by atoms with Crippen LogP contribution >= 0.6 is 0 Å². The molecule has 3 aromatic carbocycles. The van der Waals surface area contributed by atoms with Gasteiger partial charge < -0.3 is 30.3 Å². The maximum atomic E-state index is 13.8. The zero-order valence-corrected chi connectivity index (χ0v) is 31.0. The van der Waals surface area contributed by atoms with Crippen molar-refractivity contribution in [2.24, 2.45) is 11.8 Å². The van der Waals surface area contributed by atoms with Gasteiger partial charge in [0.15, 0.2) is 0 Å². The lowest BCUT2D eigenvalue weighted by molar-refractivity contribution is -0.130. The highest BCUT2D eigenvalue weighted by Crippen LogP contribution is 2.30. The van der Waals surface area contributed by atoms with Crippen molar-refractivity contribution in [3.63, 3.8) is 0 Å². The molecular weight excluding hydrogens is 688 g/mol. The van der Waals surface area contributed by atoms with Crippen LogP contribution in [0.15, 0.2) is 72.8 Å². The predicted octanol–water partition coefficient (Wildman–Crippen LogP) is 5.00. The molecule has 2 aliphatic rings. The summed E-state index contributed by atoms with van der Waals surface area (Å²) >= 11 is 0. The van der Waals surface area contributed by atoms with E-state index < -0.39 is 17.7 Å². The zero-order chi connectivity index (χ0) is 38.1. The van der Waals surface area contributed by atoms with Gasteiger partial charge in [-0.25, -0.2) is 4.79 Å². The summed E-state index contributed by atoms with van der Waals surface area (Å²) in [5.74, 6) is -0.134. The SMILES string of the molecule is CC(C)(C)OC(=O)NCC1CCC(C(=O)N[C@@H](Cc2ccc(-c3ccccc3C(=O)N3CCOCC3)cc2)C(=O)Nc2ccc(-c3nn[nH]n3)cc2)CC1. The van der Waals surface area contributed by atoms with Crippen molar-refractivity contribution in [3.8, 4) is 22.5 Å². The van der Waals surface area contributed by atoms with E-state index in [1.54, 1.807) is 24.3 Å². The summed E-state index contributed by atoms with van der Waals surface area (Å²) in [4.78, 5) is 54.9. The molecule has 1 aliphatic carbocycles. The number of carbonyl (C=O) groups excluding carboxylic acids is 4. The fraction of sp³-hybridized carbons (Fsp3) is 0.425. The largest absolute Gasteiger partial charge is 0.444 e. The monoisotopic (exact) mass is 736 g/mol. The number of amides is 4. The average Bonchev–Trinajstić information content (AvgIpc) is 3.72. The predicted molar refractivity (Wildman–Crippen MR) is 202 cm³/mol. The molecular formula is C40H48N8O6. The van der Waals surface area contributed by atoms with E-state index in [1.165, 1.54) is 0 Å². The molecule has 14 nitrogen and oxygen atoms in total. The van der Waals surface area contributed by atoms with Crippen molar-refractivity contribution in [2.75, 3.05) is 38.2 Å². The Kier molecular flexibility index (Phi) is 12.3. The molecule has 14 heteroatoms. The smallest absolute Gasteiger partial charge is 0.407 e. The third-order valence-electron chi connectivity index (χ3n) is 9.70. The summed E-state index contributed by atoms with van der Waals surface area (Å²) in [6.45, 7) is 8.11. The second-order valence-corrected chi connectivity index (χ2v) is 14.8. The molecule has 6 rings (SSSR count). The van der Waals surface area contributed by atoms with E-state index in [9.17, 15) is 19.2 Å². The molecule has 0 bridgehead atoms. The van der Waals surface area contributed by atoms with Crippen LogP contribution in [0.3, 0.4) is 0 Å². The van der Waals surface area contributed by atoms with Gasteiger partial charge in [-0.2, -0.15) is 5.21 Å². The summed E-state index contributed by atoms with van der Waals surface area (Å²) in [6, 6.07) is 21.5. The molecule has 4 N–H and O–H groups in total. The van der Waals surface area contributed by atoms with Crippen LogP contribution in [-0.4, -0.2) is 93.8 Å². The van der Waals surface area contributed by atoms with Crippen LogP contribution in [0.2, 0.25) is 0 Å². The minimum absolute atomic E-state index is 0.0314. The highest BCUT2D eigenvalue weighted by Gasteiger charge is 2.30. The Morgan fingerprint density at radius 3 is 2.26 bits per heavy atom. The summed E-state index contributed by atoms with van der Waals surface area (Å²) in [6.07, 6.45) is 2.65. The van der Waals surface area contributed by atoms with E-state index in [4.69, 9.17) is 9.47 Å². The average molecular weight is 737 g/mol. The Morgan fingerprint density at radius 1 is 0.907 bits per heavy atom. The van der Waals surface area contributed by atoms with Gasteiger partial charge in [0.2, 0.25) is 17.6 Å². The maximum Gasteiger partial charge on any atom is 0.407 e. The minimum Gasteiger partial charge on any atom is -0.444 e. The number of tetrazole rings is 1. The van der Waals surface area contributed by atoms with E-state index in [2.05, 4.69) is 36.6 Å². The zero-order valence-electron chi connectivity index (χ0n) is 31.0. The van der Waals surface area contributed by atoms with Crippen molar-refractivity contribution in [2.45, 2.75) is 64.5 Å². The van der Waals surface area contributed by atoms with E-state index in [-0.39, 0.29) is 36.0 Å². The van der Waals surface area contributed by atoms with Gasteiger partial charge in [0.25, 0.3) is 5.91 Å². The Hall–Kier alpha value is -5.63. The Bertz CT molecular complexity index is 1880. The Morgan fingerprint density at radius 2 is 1.59 bits per heavy atom. The van der Waals surface area contributed by atoms with Crippen LogP contribution in [0.25, 0.3) is 22.5 Å². The Labute approximate surface area is 314 Å². The molecule has 54 heavy (non-hydrogen) atoms. The molecule has 4 aromatic rings. The topological polar surface area (TPSA) is 181 Å². The fourth-order valence-electron chi connectivity index (χ4n) is 6.80. The second-order valence-electron chi connectivity index (χ2n) is 14.8. The van der Waals surface area contributed by atoms with E-state index >= 15 is 0 Å². The van der Waals surface area contributed by atoms with Gasteiger partial charge in [-0.3, -0.25) is 14.4 Å². The fourth-order valence-corrected chi connectivity index (χ4v) is 6.80. The summed E-state index contributed by atoms with van der Waals surface area (Å²) in [5.41, 5.74) is 3.89. The lowest BCUT2D eigenvalue weighted by Gasteiger charge is -2.29. The first-order chi connectivity index (χ1) is 26.0. The molecule has 0 spiro atoms. The number of anilines is 1. The molecule has 1 aromatic heterocycles. The van der Waals surface area contributed by atoms with Gasteiger partial charge in [0.1, 0.15) is 11.6 Å². The number of hydrogen-bond acceptors (Lipinski definition) is 9. The molecule has 0 radical (unpaired) electrons. The number of nitrogens with zero attached hydrogens (tertiary/aromatic N) is 4. The third-order valence-corrected chi connectivity index (χ3v) is 9.70. The number of aromatic amines is 1. The summed E-state index contributed by atoms with van der Waals surface area (Å²) in [5, 5.41) is 22.9. The standard InChI is InChI=1S/C40H48N8O6/c1-40(2,3)54-39(52)41-25-27-10-14-30(15-11-27)36(49)43-34(37(50)42-31-18-16-29(17-19-31)35-44-46-47-45-35)24-26-8-12-28(13-9-26)32-6-4-5-7-33(32)38(51)48-20-22-53-23-21-48/h4-9,12-13,16-19,27,30,34H,10-11,14-15,20-25H2,1-3H3,(H,41,52)(H,42,50)(H,43,49)(H,44,45,46,47)/t27?,30?,34-/m0/s1. The summed E-state index contributed by atoms with van der Waals surface area (Å²) < 4.78 is 10.8. The first kappa shape index (κ1) is 38.1. The number of morpholine rings is 1. The van der Waals surface area contributed by atoms with Crippen LogP contribution in [0.4, 0.5) is 10.5 Å². The van der Waals surface area contributed by atoms with Gasteiger partial charge in [0, 0.05) is 48.8 Å². The van der Waals surface area contributed by atoms with Crippen LogP contribution in [0.1, 0.15) is 62.4 Å². The molecule has 1 saturated heterocycles. The number of nitrogens with one attached hydrogen (secondary N) is 4. The molecule has 2 heterocycles. The van der Waals surface area contributed by atoms with Crippen molar-refractivity contribution >= 4 is 29.5 Å². The lowest BCUT2D eigenvalue weighted by Crippen LogP contribution is -2.48. The lowest BCUT2D eigenvalue weighted by atomic mass is 9.81. The van der Waals surface area contributed by atoms with E-state index in [1.807, 2.05) is 74.2 Å². The van der Waals surface area contributed by atoms with Gasteiger partial charge in [0.05, 0.1) is 13.2 Å². The van der Waals surface area contributed by atoms with Crippen molar-refractivity contribution < 1.29 is 28.7 Å². The number of benzene rings is 3. The molecule has 1 aliphatic heterocycles. The number of hydrogen-bond donors (Lipinski definition) is 4. The molecule has 284 valence electrons. The van der Waals surface area contributed by atoms with E-state index in [0.29, 0.717) is 62.8 Å². The van der Waals surface area contributed by atoms with E-state index in [0.717, 1.165) is 35.1 Å². The number of alkyl carbamates (subject to hydrolysis) is 1. The third kappa shape index (κ3) is 10.3. The summed E-state index contributed by atoms with van der Waals surface area (Å²) in [7, 11) is 0. The van der Waals surface area contributed by atoms with Gasteiger partial charge in [-0.15, -0.1) is 10.2 Å². The molecule has 1 saturated carbocycles. The molecule has 0 unspecified atom stereocenters. The van der Waals surface area contributed by atoms with Crippen LogP contribution < -0.4 is 16.0 Å². The normalized spacial score (nSPS) is 17.9. The number of ether oxygens (including phenoxy) is 2. The highest BCUT2D eigenvalue weighted by atomic mass is 16.6. The molecule has 2 fully saturated rings. The van der Waals surface area contributed by atoms with Crippen molar-refractivity contribution in [3.05, 3.63) is 83.9 Å². The number of H-pyrrole nitrogens is 1. The maximum absolute atomic E-state index is 13.8. The molecule has 1 atom stereocenters. The number of aromatic nitrogens is 4. The van der Waals surface area contributed by atoms with Gasteiger partial charge >= 0.3 is 6.09 Å². The van der Waals surface area contributed by atoms with Gasteiger partial charge in [-0.05, 0) is 105 Å². The second kappa shape index (κ2) is 17.5. The first-order valence-corrected chi connectivity index (χ1v) is 18.5. The van der Waals surface area contributed by atoms with Crippen molar-refractivity contribution in [1.82, 2.24) is 36.2 Å². The first-order valence-electron chi connectivity index (χ1n) is 18.5. The molecule has 4 amide bonds. The van der Waals surface area contributed by atoms with Crippen LogP contribution in [-0.2, 0) is 25.5 Å². The number of rotatable bonds is 11. The minimum atomic E-state index is -0.859. The van der Waals surface area contributed by atoms with Crippen LogP contribution in [0, 0.1) is 11.8 Å². The van der Waals surface area contributed by atoms with Crippen LogP contribution in [0.5, 0.6) is 0 Å². The number of carbonyl (C=O) groups is 4.